The standard InChI is InChI=1S/C23H28ClN3O3/c1-23(16-28)15-26(22(30)17-6-8-19(24)9-7-17)14-20-13-25(10-11-27(20)23)12-18-4-2-3-5-21(18)29/h2-9,20,28-29H,10-16H2,1H3/t20-,23-/m0/s1. The second-order valence-corrected chi connectivity index (χ2v) is 9.00. The van der Waals surface area contributed by atoms with E-state index >= 15 is 0 Å². The number of piperazine rings is 2. The summed E-state index contributed by atoms with van der Waals surface area (Å²) in [7, 11) is 0. The Balaban J connectivity index is 1.52. The van der Waals surface area contributed by atoms with E-state index in [4.69, 9.17) is 11.6 Å². The van der Waals surface area contributed by atoms with Crippen molar-refractivity contribution in [3.63, 3.8) is 0 Å². The lowest BCUT2D eigenvalue weighted by molar-refractivity contribution is -0.0846. The highest BCUT2D eigenvalue weighted by atomic mass is 35.5. The van der Waals surface area contributed by atoms with Crippen molar-refractivity contribution in [2.75, 3.05) is 39.3 Å². The van der Waals surface area contributed by atoms with Crippen LogP contribution in [0.3, 0.4) is 0 Å². The normalized spacial score (nSPS) is 25.2. The summed E-state index contributed by atoms with van der Waals surface area (Å²) in [5.41, 5.74) is 1.03. The highest BCUT2D eigenvalue weighted by Gasteiger charge is 2.46. The smallest absolute Gasteiger partial charge is 0.253 e. The summed E-state index contributed by atoms with van der Waals surface area (Å²) in [6, 6.07) is 14.5. The number of aromatic hydroxyl groups is 1. The van der Waals surface area contributed by atoms with Crippen molar-refractivity contribution < 1.29 is 15.0 Å². The second-order valence-electron chi connectivity index (χ2n) is 8.56. The number of aliphatic hydroxyl groups is 1. The van der Waals surface area contributed by atoms with Crippen molar-refractivity contribution >= 4 is 17.5 Å². The molecule has 2 saturated heterocycles. The maximum absolute atomic E-state index is 13.1. The molecule has 2 aromatic rings. The number of aliphatic hydroxyl groups excluding tert-OH is 1. The van der Waals surface area contributed by atoms with Crippen molar-refractivity contribution in [1.82, 2.24) is 14.7 Å². The van der Waals surface area contributed by atoms with E-state index in [1.165, 1.54) is 0 Å². The maximum Gasteiger partial charge on any atom is 0.253 e. The first-order valence-electron chi connectivity index (χ1n) is 10.3. The van der Waals surface area contributed by atoms with Crippen LogP contribution >= 0.6 is 11.6 Å². The number of hydrogen-bond acceptors (Lipinski definition) is 5. The summed E-state index contributed by atoms with van der Waals surface area (Å²) in [5.74, 6) is 0.270. The van der Waals surface area contributed by atoms with Crippen molar-refractivity contribution in [2.45, 2.75) is 25.0 Å². The molecule has 4 rings (SSSR count). The van der Waals surface area contributed by atoms with Crippen LogP contribution in [0.15, 0.2) is 48.5 Å². The number of carbonyl (C=O) groups excluding carboxylic acids is 1. The summed E-state index contributed by atoms with van der Waals surface area (Å²) in [5, 5.41) is 20.9. The monoisotopic (exact) mass is 429 g/mol. The van der Waals surface area contributed by atoms with Crippen LogP contribution in [0, 0.1) is 0 Å². The molecule has 30 heavy (non-hydrogen) atoms. The van der Waals surface area contributed by atoms with Crippen LogP contribution in [0.4, 0.5) is 0 Å². The number of nitrogens with zero attached hydrogens (tertiary/aromatic N) is 3. The van der Waals surface area contributed by atoms with Crippen LogP contribution < -0.4 is 0 Å². The molecule has 160 valence electrons. The number of benzene rings is 2. The van der Waals surface area contributed by atoms with E-state index in [9.17, 15) is 15.0 Å². The minimum atomic E-state index is -0.480. The van der Waals surface area contributed by atoms with Gasteiger partial charge in [-0.15, -0.1) is 0 Å². The fourth-order valence-corrected chi connectivity index (χ4v) is 4.83. The molecule has 1 amide bonds. The number of carbonyl (C=O) groups is 1. The molecule has 6 nitrogen and oxygen atoms in total. The molecule has 0 spiro atoms. The number of amides is 1. The summed E-state index contributed by atoms with van der Waals surface area (Å²) in [4.78, 5) is 19.7. The van der Waals surface area contributed by atoms with E-state index < -0.39 is 5.54 Å². The average Bonchev–Trinajstić information content (AvgIpc) is 2.75. The molecule has 0 bridgehead atoms. The lowest BCUT2D eigenvalue weighted by Crippen LogP contribution is -2.72. The van der Waals surface area contributed by atoms with Crippen LogP contribution in [-0.4, -0.2) is 81.7 Å². The molecule has 0 radical (unpaired) electrons. The third-order valence-corrected chi connectivity index (χ3v) is 6.58. The van der Waals surface area contributed by atoms with Crippen molar-refractivity contribution in [3.05, 3.63) is 64.7 Å². The molecule has 2 N–H and O–H groups in total. The largest absolute Gasteiger partial charge is 0.508 e. The minimum absolute atomic E-state index is 0.00658. The molecule has 2 aliphatic heterocycles. The highest BCUT2D eigenvalue weighted by molar-refractivity contribution is 6.30. The van der Waals surface area contributed by atoms with E-state index in [-0.39, 0.29) is 18.6 Å². The lowest BCUT2D eigenvalue weighted by Gasteiger charge is -2.56. The minimum Gasteiger partial charge on any atom is -0.508 e. The summed E-state index contributed by atoms with van der Waals surface area (Å²) < 4.78 is 0. The molecule has 2 heterocycles. The van der Waals surface area contributed by atoms with Gasteiger partial charge in [0.1, 0.15) is 5.75 Å². The van der Waals surface area contributed by atoms with Gasteiger partial charge in [-0.1, -0.05) is 29.8 Å². The van der Waals surface area contributed by atoms with Crippen molar-refractivity contribution in [1.29, 1.82) is 0 Å². The Labute approximate surface area is 182 Å². The Morgan fingerprint density at radius 3 is 2.57 bits per heavy atom. The van der Waals surface area contributed by atoms with Gasteiger partial charge in [0.05, 0.1) is 12.1 Å². The van der Waals surface area contributed by atoms with Crippen LogP contribution in [0.5, 0.6) is 5.75 Å². The van der Waals surface area contributed by atoms with Gasteiger partial charge in [-0.05, 0) is 37.3 Å². The van der Waals surface area contributed by atoms with Crippen LogP contribution in [0.25, 0.3) is 0 Å². The quantitative estimate of drug-likeness (QED) is 0.781. The Morgan fingerprint density at radius 2 is 1.87 bits per heavy atom. The zero-order valence-corrected chi connectivity index (χ0v) is 17.9. The van der Waals surface area contributed by atoms with Gasteiger partial charge in [-0.25, -0.2) is 0 Å². The first-order chi connectivity index (χ1) is 14.4. The van der Waals surface area contributed by atoms with Crippen LogP contribution in [-0.2, 0) is 6.54 Å². The van der Waals surface area contributed by atoms with E-state index in [2.05, 4.69) is 9.80 Å². The van der Waals surface area contributed by atoms with Gasteiger partial charge < -0.3 is 15.1 Å². The lowest BCUT2D eigenvalue weighted by atomic mass is 9.91. The Bertz CT molecular complexity index is 907. The molecule has 2 fully saturated rings. The van der Waals surface area contributed by atoms with Gasteiger partial charge >= 0.3 is 0 Å². The summed E-state index contributed by atoms with van der Waals surface area (Å²) in [6.45, 7) is 6.22. The molecule has 2 aliphatic rings. The number of phenols is 1. The van der Waals surface area contributed by atoms with Gasteiger partial charge in [-0.3, -0.25) is 14.6 Å². The van der Waals surface area contributed by atoms with Gasteiger partial charge in [0, 0.05) is 61.5 Å². The number of hydrogen-bond donors (Lipinski definition) is 2. The van der Waals surface area contributed by atoms with Crippen molar-refractivity contribution in [3.8, 4) is 5.75 Å². The predicted octanol–water partition coefficient (Wildman–Crippen LogP) is 2.44. The summed E-state index contributed by atoms with van der Waals surface area (Å²) in [6.07, 6.45) is 0. The molecule has 0 unspecified atom stereocenters. The first kappa shape index (κ1) is 21.1. The van der Waals surface area contributed by atoms with E-state index in [1.54, 1.807) is 30.3 Å². The number of phenolic OH excluding ortho intramolecular Hbond substituents is 1. The average molecular weight is 430 g/mol. The number of fused-ring (bicyclic) bond motifs is 1. The SMILES string of the molecule is C[C@@]1(CO)CN(C(=O)c2ccc(Cl)cc2)C[C@@H]2CN(Cc3ccccc3O)CCN21. The van der Waals surface area contributed by atoms with Crippen molar-refractivity contribution in [2.24, 2.45) is 0 Å². The molecule has 0 aromatic heterocycles. The molecule has 7 heteroatoms. The fourth-order valence-electron chi connectivity index (χ4n) is 4.71. The molecule has 0 aliphatic carbocycles. The Kier molecular flexibility index (Phi) is 6.02. The van der Waals surface area contributed by atoms with E-state index in [0.717, 1.165) is 25.2 Å². The van der Waals surface area contributed by atoms with E-state index in [0.29, 0.717) is 36.0 Å². The number of halogens is 1. The molecular weight excluding hydrogens is 402 g/mol. The first-order valence-corrected chi connectivity index (χ1v) is 10.7. The van der Waals surface area contributed by atoms with Crippen LogP contribution in [0.1, 0.15) is 22.8 Å². The molecule has 2 aromatic carbocycles. The number of rotatable bonds is 4. The molecular formula is C23H28ClN3O3. The second kappa shape index (κ2) is 8.55. The number of para-hydroxylation sites is 1. The third-order valence-electron chi connectivity index (χ3n) is 6.33. The van der Waals surface area contributed by atoms with Gasteiger partial charge in [-0.2, -0.15) is 0 Å². The topological polar surface area (TPSA) is 67.2 Å². The summed E-state index contributed by atoms with van der Waals surface area (Å²) >= 11 is 5.97. The fraction of sp³-hybridized carbons (Fsp3) is 0.435. The molecule has 2 atom stereocenters. The Morgan fingerprint density at radius 1 is 1.13 bits per heavy atom. The van der Waals surface area contributed by atoms with Crippen LogP contribution in [0.2, 0.25) is 5.02 Å². The third kappa shape index (κ3) is 4.18. The maximum atomic E-state index is 13.1. The Hall–Kier alpha value is -2.12. The predicted molar refractivity (Wildman–Crippen MR) is 117 cm³/mol. The van der Waals surface area contributed by atoms with E-state index in [1.807, 2.05) is 30.0 Å². The van der Waals surface area contributed by atoms with Gasteiger partial charge in [0.2, 0.25) is 0 Å². The van der Waals surface area contributed by atoms with Gasteiger partial charge in [0.15, 0.2) is 0 Å². The highest BCUT2D eigenvalue weighted by Crippen LogP contribution is 2.30. The zero-order valence-electron chi connectivity index (χ0n) is 17.2. The molecule has 0 saturated carbocycles. The zero-order chi connectivity index (χ0) is 21.3. The van der Waals surface area contributed by atoms with Gasteiger partial charge in [0.25, 0.3) is 5.91 Å².